The zero-order valence-electron chi connectivity index (χ0n) is 12.0. The summed E-state index contributed by atoms with van der Waals surface area (Å²) in [7, 11) is 0. The number of aromatic amines is 1. The Labute approximate surface area is 128 Å². The summed E-state index contributed by atoms with van der Waals surface area (Å²) in [5, 5.41) is 8.44. The molecule has 5 nitrogen and oxygen atoms in total. The molecule has 0 aliphatic rings. The Morgan fingerprint density at radius 1 is 1.33 bits per heavy atom. The number of fused-ring (bicyclic) bond motifs is 1. The third-order valence-electron chi connectivity index (χ3n) is 3.05. The minimum atomic E-state index is -0.306. The highest BCUT2D eigenvalue weighted by Gasteiger charge is 2.11. The van der Waals surface area contributed by atoms with Crippen LogP contribution in [0.1, 0.15) is 25.5 Å². The summed E-state index contributed by atoms with van der Waals surface area (Å²) in [5.74, 6) is -0.306. The van der Waals surface area contributed by atoms with Gasteiger partial charge < -0.3 is 9.47 Å². The van der Waals surface area contributed by atoms with Gasteiger partial charge in [0.05, 0.1) is 24.2 Å². The third kappa shape index (κ3) is 4.72. The molecule has 0 saturated carbocycles. The molecular formula is C15H19ClN2O3. The van der Waals surface area contributed by atoms with Crippen molar-refractivity contribution < 1.29 is 14.3 Å². The van der Waals surface area contributed by atoms with Crippen LogP contribution in [0.4, 0.5) is 0 Å². The molecule has 21 heavy (non-hydrogen) atoms. The van der Waals surface area contributed by atoms with E-state index in [9.17, 15) is 4.79 Å². The van der Waals surface area contributed by atoms with E-state index in [1.165, 1.54) is 0 Å². The number of benzene rings is 1. The number of ether oxygens (including phenoxy) is 2. The fourth-order valence-electron chi connectivity index (χ4n) is 1.93. The standard InChI is InChI=1S/C15H19ClN2O3/c1-2-3-6-20-7-8-21-15(19)10-14-12-9-11(16)4-5-13(12)17-18-14/h4-5,9H,2-3,6-8,10H2,1H3,(H,17,18). The summed E-state index contributed by atoms with van der Waals surface area (Å²) in [4.78, 5) is 11.8. The Hall–Kier alpha value is -1.59. The van der Waals surface area contributed by atoms with Gasteiger partial charge in [0.15, 0.2) is 0 Å². The molecule has 2 aromatic rings. The number of hydrogen-bond acceptors (Lipinski definition) is 4. The summed E-state index contributed by atoms with van der Waals surface area (Å²) < 4.78 is 10.5. The summed E-state index contributed by atoms with van der Waals surface area (Å²) in [6.07, 6.45) is 2.26. The summed E-state index contributed by atoms with van der Waals surface area (Å²) in [6.45, 7) is 3.51. The molecule has 2 rings (SSSR count). The molecule has 1 aromatic carbocycles. The average Bonchev–Trinajstić information content (AvgIpc) is 2.85. The Morgan fingerprint density at radius 3 is 3.00 bits per heavy atom. The zero-order chi connectivity index (χ0) is 15.1. The number of hydrogen-bond donors (Lipinski definition) is 1. The van der Waals surface area contributed by atoms with Crippen molar-refractivity contribution in [3.8, 4) is 0 Å². The normalized spacial score (nSPS) is 11.0. The van der Waals surface area contributed by atoms with E-state index in [0.717, 1.165) is 23.7 Å². The van der Waals surface area contributed by atoms with Crippen LogP contribution in [0.5, 0.6) is 0 Å². The molecule has 0 fully saturated rings. The van der Waals surface area contributed by atoms with Crippen LogP contribution in [0, 0.1) is 0 Å². The molecule has 0 aliphatic heterocycles. The molecule has 0 unspecified atom stereocenters. The van der Waals surface area contributed by atoms with Crippen molar-refractivity contribution in [2.45, 2.75) is 26.2 Å². The Bertz CT molecular complexity index is 598. The Morgan fingerprint density at radius 2 is 2.19 bits per heavy atom. The second kappa shape index (κ2) is 8.00. The minimum Gasteiger partial charge on any atom is -0.463 e. The fraction of sp³-hybridized carbons (Fsp3) is 0.467. The minimum absolute atomic E-state index is 0.145. The first-order chi connectivity index (χ1) is 10.2. The number of unbranched alkanes of at least 4 members (excludes halogenated alkanes) is 1. The van der Waals surface area contributed by atoms with Crippen LogP contribution in [-0.4, -0.2) is 36.0 Å². The van der Waals surface area contributed by atoms with Crippen molar-refractivity contribution in [3.05, 3.63) is 28.9 Å². The van der Waals surface area contributed by atoms with Gasteiger partial charge in [-0.05, 0) is 24.6 Å². The van der Waals surface area contributed by atoms with E-state index in [-0.39, 0.29) is 19.0 Å². The van der Waals surface area contributed by atoms with E-state index in [2.05, 4.69) is 17.1 Å². The van der Waals surface area contributed by atoms with Crippen molar-refractivity contribution in [3.63, 3.8) is 0 Å². The monoisotopic (exact) mass is 310 g/mol. The molecule has 0 spiro atoms. The van der Waals surface area contributed by atoms with Gasteiger partial charge in [0.2, 0.25) is 0 Å². The molecule has 0 aliphatic carbocycles. The molecular weight excluding hydrogens is 292 g/mol. The summed E-state index contributed by atoms with van der Waals surface area (Å²) in [5.41, 5.74) is 1.49. The smallest absolute Gasteiger partial charge is 0.311 e. The number of rotatable bonds is 8. The van der Waals surface area contributed by atoms with Gasteiger partial charge in [0, 0.05) is 17.0 Å². The van der Waals surface area contributed by atoms with Crippen molar-refractivity contribution in [2.24, 2.45) is 0 Å². The van der Waals surface area contributed by atoms with Crippen LogP contribution in [0.2, 0.25) is 5.02 Å². The highest BCUT2D eigenvalue weighted by atomic mass is 35.5. The maximum Gasteiger partial charge on any atom is 0.311 e. The molecule has 1 heterocycles. The van der Waals surface area contributed by atoms with Crippen LogP contribution >= 0.6 is 11.6 Å². The largest absolute Gasteiger partial charge is 0.463 e. The van der Waals surface area contributed by atoms with Crippen molar-refractivity contribution in [1.82, 2.24) is 10.2 Å². The molecule has 1 aromatic heterocycles. The molecule has 1 N–H and O–H groups in total. The SMILES string of the molecule is CCCCOCCOC(=O)Cc1[nH]nc2ccc(Cl)cc12. The number of nitrogens with zero attached hydrogens (tertiary/aromatic N) is 1. The van der Waals surface area contributed by atoms with E-state index in [1.807, 2.05) is 6.07 Å². The van der Waals surface area contributed by atoms with Crippen LogP contribution in [0.15, 0.2) is 18.2 Å². The van der Waals surface area contributed by atoms with Crippen LogP contribution in [-0.2, 0) is 20.7 Å². The van der Waals surface area contributed by atoms with Gasteiger partial charge in [-0.1, -0.05) is 24.9 Å². The first-order valence-corrected chi connectivity index (χ1v) is 7.44. The Balaban J connectivity index is 1.80. The highest BCUT2D eigenvalue weighted by Crippen LogP contribution is 2.21. The number of H-pyrrole nitrogens is 1. The summed E-state index contributed by atoms with van der Waals surface area (Å²) in [6, 6.07) is 5.36. The van der Waals surface area contributed by atoms with Crippen molar-refractivity contribution in [2.75, 3.05) is 19.8 Å². The van der Waals surface area contributed by atoms with E-state index < -0.39 is 0 Å². The number of carbonyl (C=O) groups is 1. The third-order valence-corrected chi connectivity index (χ3v) is 3.28. The van der Waals surface area contributed by atoms with Gasteiger partial charge in [0.1, 0.15) is 6.61 Å². The topological polar surface area (TPSA) is 64.2 Å². The molecule has 0 radical (unpaired) electrons. The first-order valence-electron chi connectivity index (χ1n) is 7.06. The lowest BCUT2D eigenvalue weighted by Crippen LogP contribution is -2.13. The van der Waals surface area contributed by atoms with Gasteiger partial charge in [0.25, 0.3) is 0 Å². The number of carbonyl (C=O) groups excluding carboxylic acids is 1. The van der Waals surface area contributed by atoms with Gasteiger partial charge in [-0.3, -0.25) is 9.89 Å². The van der Waals surface area contributed by atoms with E-state index >= 15 is 0 Å². The van der Waals surface area contributed by atoms with Gasteiger partial charge in [-0.2, -0.15) is 5.10 Å². The quantitative estimate of drug-likeness (QED) is 0.601. The maximum absolute atomic E-state index is 11.8. The molecule has 0 amide bonds. The van der Waals surface area contributed by atoms with Gasteiger partial charge in [-0.25, -0.2) is 0 Å². The van der Waals surface area contributed by atoms with Gasteiger partial charge in [-0.15, -0.1) is 0 Å². The molecule has 0 saturated heterocycles. The lowest BCUT2D eigenvalue weighted by atomic mass is 10.2. The lowest BCUT2D eigenvalue weighted by molar-refractivity contribution is -0.144. The van der Waals surface area contributed by atoms with Crippen molar-refractivity contribution in [1.29, 1.82) is 0 Å². The van der Waals surface area contributed by atoms with Crippen LogP contribution < -0.4 is 0 Å². The molecule has 0 bridgehead atoms. The molecule has 6 heteroatoms. The van der Waals surface area contributed by atoms with Crippen LogP contribution in [0.25, 0.3) is 10.9 Å². The molecule has 114 valence electrons. The van der Waals surface area contributed by atoms with E-state index in [0.29, 0.717) is 23.9 Å². The predicted molar refractivity (Wildman–Crippen MR) is 81.5 cm³/mol. The van der Waals surface area contributed by atoms with E-state index in [1.54, 1.807) is 12.1 Å². The zero-order valence-corrected chi connectivity index (χ0v) is 12.8. The Kier molecular flexibility index (Phi) is 6.02. The van der Waals surface area contributed by atoms with Gasteiger partial charge >= 0.3 is 5.97 Å². The highest BCUT2D eigenvalue weighted by molar-refractivity contribution is 6.31. The maximum atomic E-state index is 11.8. The number of halogens is 1. The number of aromatic nitrogens is 2. The first kappa shape index (κ1) is 15.8. The fourth-order valence-corrected chi connectivity index (χ4v) is 2.10. The number of esters is 1. The average molecular weight is 311 g/mol. The lowest BCUT2D eigenvalue weighted by Gasteiger charge is -2.05. The molecule has 0 atom stereocenters. The predicted octanol–water partition coefficient (Wildman–Crippen LogP) is 3.12. The van der Waals surface area contributed by atoms with Crippen LogP contribution in [0.3, 0.4) is 0 Å². The summed E-state index contributed by atoms with van der Waals surface area (Å²) >= 11 is 5.95. The second-order valence-corrected chi connectivity index (χ2v) is 5.16. The second-order valence-electron chi connectivity index (χ2n) is 4.73. The van der Waals surface area contributed by atoms with E-state index in [4.69, 9.17) is 21.1 Å². The number of nitrogens with one attached hydrogen (secondary N) is 1. The van der Waals surface area contributed by atoms with Crippen molar-refractivity contribution >= 4 is 28.5 Å².